The largest absolute Gasteiger partial charge is 0.472 e. The predicted molar refractivity (Wildman–Crippen MR) is 149 cm³/mol. The van der Waals surface area contributed by atoms with Gasteiger partial charge in [-0.05, 0) is 37.0 Å². The Morgan fingerprint density at radius 1 is 1.21 bits per heavy atom. The van der Waals surface area contributed by atoms with Gasteiger partial charge in [-0.15, -0.1) is 0 Å². The highest BCUT2D eigenvalue weighted by Gasteiger charge is 2.35. The highest BCUT2D eigenvalue weighted by molar-refractivity contribution is 5.97. The third-order valence-electron chi connectivity index (χ3n) is 7.54. The van der Waals surface area contributed by atoms with Gasteiger partial charge in [-0.2, -0.15) is 0 Å². The van der Waals surface area contributed by atoms with Crippen molar-refractivity contribution in [2.24, 2.45) is 5.92 Å². The Morgan fingerprint density at radius 2 is 1.92 bits per heavy atom. The highest BCUT2D eigenvalue weighted by Crippen LogP contribution is 2.28. The third kappa shape index (κ3) is 6.92. The zero-order chi connectivity index (χ0) is 27.1. The number of nitrogens with one attached hydrogen (secondary N) is 1. The second-order valence-electron chi connectivity index (χ2n) is 10.7. The lowest BCUT2D eigenvalue weighted by atomic mass is 9.96. The molecule has 3 atom stereocenters. The summed E-state index contributed by atoms with van der Waals surface area (Å²) in [4.78, 5) is 34.4. The molecule has 0 saturated heterocycles. The van der Waals surface area contributed by atoms with Crippen molar-refractivity contribution in [1.29, 1.82) is 0 Å². The van der Waals surface area contributed by atoms with Crippen molar-refractivity contribution in [3.8, 4) is 5.88 Å². The molecule has 0 radical (unpaired) electrons. The first-order chi connectivity index (χ1) is 18.4. The summed E-state index contributed by atoms with van der Waals surface area (Å²) >= 11 is 0. The molecule has 3 amide bonds. The Hall–Kier alpha value is -3.39. The van der Waals surface area contributed by atoms with E-state index in [2.05, 4.69) is 10.3 Å². The Balaban J connectivity index is 1.56. The number of likely N-dealkylation sites (N-methyl/N-ethyl adjacent to an activating group) is 1. The summed E-state index contributed by atoms with van der Waals surface area (Å²) in [5.41, 5.74) is 2.17. The molecule has 1 aromatic heterocycles. The maximum Gasteiger partial charge on any atom is 0.317 e. The summed E-state index contributed by atoms with van der Waals surface area (Å²) in [5, 5.41) is 13.1. The van der Waals surface area contributed by atoms with E-state index in [1.807, 2.05) is 56.3 Å². The molecule has 4 rings (SSSR count). The zero-order valence-corrected chi connectivity index (χ0v) is 22.7. The molecule has 0 bridgehead atoms. The van der Waals surface area contributed by atoms with Crippen LogP contribution in [0.25, 0.3) is 12.2 Å². The van der Waals surface area contributed by atoms with Crippen LogP contribution in [0.5, 0.6) is 5.88 Å². The number of ether oxygens (including phenoxy) is 1. The van der Waals surface area contributed by atoms with E-state index in [0.717, 1.165) is 36.8 Å². The van der Waals surface area contributed by atoms with Crippen molar-refractivity contribution in [3.05, 3.63) is 59.3 Å². The van der Waals surface area contributed by atoms with E-state index in [1.54, 1.807) is 29.1 Å². The van der Waals surface area contributed by atoms with Crippen LogP contribution in [-0.2, 0) is 0 Å². The number of nitrogens with zero attached hydrogens (tertiary/aromatic N) is 3. The summed E-state index contributed by atoms with van der Waals surface area (Å²) < 4.78 is 6.34. The average molecular weight is 521 g/mol. The van der Waals surface area contributed by atoms with Crippen LogP contribution < -0.4 is 10.1 Å². The number of amides is 3. The predicted octanol–water partition coefficient (Wildman–Crippen LogP) is 4.45. The van der Waals surface area contributed by atoms with Gasteiger partial charge in [0.05, 0.1) is 19.2 Å². The van der Waals surface area contributed by atoms with Gasteiger partial charge in [0.1, 0.15) is 11.7 Å². The van der Waals surface area contributed by atoms with Crippen LogP contribution in [0.3, 0.4) is 0 Å². The van der Waals surface area contributed by atoms with Crippen molar-refractivity contribution >= 4 is 24.1 Å². The third-order valence-corrected chi connectivity index (χ3v) is 7.54. The number of fused-ring (bicyclic) bond motifs is 1. The van der Waals surface area contributed by atoms with Crippen LogP contribution in [0.15, 0.2) is 42.6 Å². The number of rotatable bonds is 7. The maximum atomic E-state index is 13.6. The van der Waals surface area contributed by atoms with Crippen LogP contribution in [-0.4, -0.2) is 76.8 Å². The number of carbonyl (C=O) groups excluding carboxylic acids is 2. The molecule has 8 nitrogen and oxygen atoms in total. The van der Waals surface area contributed by atoms with E-state index in [-0.39, 0.29) is 48.5 Å². The van der Waals surface area contributed by atoms with Crippen LogP contribution >= 0.6 is 0 Å². The maximum absolute atomic E-state index is 13.6. The Bertz CT molecular complexity index is 1120. The molecule has 8 heteroatoms. The second kappa shape index (κ2) is 12.9. The average Bonchev–Trinajstić information content (AvgIpc) is 2.94. The van der Waals surface area contributed by atoms with Crippen LogP contribution in [0, 0.1) is 5.92 Å². The van der Waals surface area contributed by atoms with E-state index in [4.69, 9.17) is 4.74 Å². The summed E-state index contributed by atoms with van der Waals surface area (Å²) in [6, 6.07) is 11.4. The minimum atomic E-state index is -0.379. The normalized spacial score (nSPS) is 21.3. The number of pyridine rings is 1. The first-order valence-corrected chi connectivity index (χ1v) is 13.7. The number of aromatic nitrogens is 1. The van der Waals surface area contributed by atoms with Gasteiger partial charge in [0, 0.05) is 31.7 Å². The topological polar surface area (TPSA) is 95.0 Å². The van der Waals surface area contributed by atoms with Crippen LogP contribution in [0.2, 0.25) is 0 Å². The molecular formula is C30H40N4O4. The molecule has 1 aromatic carbocycles. The molecule has 1 aliphatic carbocycles. The van der Waals surface area contributed by atoms with Crippen molar-refractivity contribution < 1.29 is 19.4 Å². The monoisotopic (exact) mass is 520 g/mol. The second-order valence-corrected chi connectivity index (χ2v) is 10.7. The summed E-state index contributed by atoms with van der Waals surface area (Å²) in [6.45, 7) is 4.44. The van der Waals surface area contributed by atoms with Crippen molar-refractivity contribution in [2.45, 2.75) is 64.1 Å². The molecule has 38 heavy (non-hydrogen) atoms. The summed E-state index contributed by atoms with van der Waals surface area (Å²) in [6.07, 6.45) is 10.8. The van der Waals surface area contributed by atoms with E-state index < -0.39 is 0 Å². The van der Waals surface area contributed by atoms with Gasteiger partial charge in [0.15, 0.2) is 0 Å². The van der Waals surface area contributed by atoms with Gasteiger partial charge in [-0.25, -0.2) is 9.78 Å². The van der Waals surface area contributed by atoms with Crippen molar-refractivity contribution in [2.75, 3.05) is 26.7 Å². The van der Waals surface area contributed by atoms with Gasteiger partial charge in [0.25, 0.3) is 5.91 Å². The van der Waals surface area contributed by atoms with Crippen LogP contribution in [0.1, 0.15) is 67.4 Å². The molecule has 2 aliphatic rings. The standard InChI is InChI=1S/C30H40N4O4/c1-21-18-34(22(2)20-35)29(36)26-16-24(15-14-23-10-6-4-7-11-23)17-31-28(26)38-27(21)19-33(3)30(37)32-25-12-8-5-9-13-25/h4,6-7,10-11,14-17,21-22,25,27,35H,5,8-9,12-13,18-20H2,1-3H3,(H,32,37)/t21-,22+,27+/m1/s1. The number of hydrogen-bond donors (Lipinski definition) is 2. The van der Waals surface area contributed by atoms with E-state index in [1.165, 1.54) is 6.42 Å². The van der Waals surface area contributed by atoms with E-state index in [9.17, 15) is 14.7 Å². The van der Waals surface area contributed by atoms with Crippen LogP contribution in [0.4, 0.5) is 4.79 Å². The van der Waals surface area contributed by atoms with Crippen molar-refractivity contribution in [1.82, 2.24) is 20.1 Å². The molecule has 2 heterocycles. The molecule has 0 unspecified atom stereocenters. The number of aliphatic hydroxyl groups excluding tert-OH is 1. The lowest BCUT2D eigenvalue weighted by Crippen LogP contribution is -2.52. The zero-order valence-electron chi connectivity index (χ0n) is 22.7. The number of benzene rings is 1. The molecule has 204 valence electrons. The first kappa shape index (κ1) is 27.6. The van der Waals surface area contributed by atoms with Gasteiger partial charge in [-0.1, -0.05) is 68.7 Å². The van der Waals surface area contributed by atoms with Crippen molar-refractivity contribution in [3.63, 3.8) is 0 Å². The fraction of sp³-hybridized carbons (Fsp3) is 0.500. The Kier molecular flexibility index (Phi) is 9.39. The number of hydrogen-bond acceptors (Lipinski definition) is 5. The fourth-order valence-electron chi connectivity index (χ4n) is 5.07. The Morgan fingerprint density at radius 3 is 2.63 bits per heavy atom. The quantitative estimate of drug-likeness (QED) is 0.563. The van der Waals surface area contributed by atoms with Gasteiger partial charge < -0.3 is 25.0 Å². The molecular weight excluding hydrogens is 480 g/mol. The van der Waals surface area contributed by atoms with E-state index >= 15 is 0 Å². The van der Waals surface area contributed by atoms with E-state index in [0.29, 0.717) is 18.7 Å². The fourth-order valence-corrected chi connectivity index (χ4v) is 5.07. The molecule has 2 N–H and O–H groups in total. The highest BCUT2D eigenvalue weighted by atomic mass is 16.5. The molecule has 1 saturated carbocycles. The lowest BCUT2D eigenvalue weighted by Gasteiger charge is -2.38. The molecule has 1 fully saturated rings. The minimum Gasteiger partial charge on any atom is -0.472 e. The molecule has 0 spiro atoms. The van der Waals surface area contributed by atoms with Gasteiger partial charge >= 0.3 is 6.03 Å². The smallest absolute Gasteiger partial charge is 0.317 e. The molecule has 2 aromatic rings. The Labute approximate surface area is 225 Å². The summed E-state index contributed by atoms with van der Waals surface area (Å²) in [5.74, 6) is -0.0668. The number of carbonyl (C=O) groups is 2. The molecule has 1 aliphatic heterocycles. The number of aliphatic hydroxyl groups is 1. The van der Waals surface area contributed by atoms with Gasteiger partial charge in [-0.3, -0.25) is 4.79 Å². The van der Waals surface area contributed by atoms with Gasteiger partial charge in [0.2, 0.25) is 5.88 Å². The first-order valence-electron chi connectivity index (χ1n) is 13.7. The number of urea groups is 1. The lowest BCUT2D eigenvalue weighted by molar-refractivity contribution is 0.0351. The SMILES string of the molecule is C[C@@H]1CN([C@@H](C)CO)C(=O)c2cc(C=Cc3ccccc3)cnc2O[C@H]1CN(C)C(=O)NC1CCCCC1. The minimum absolute atomic E-state index is 0.0921. The summed E-state index contributed by atoms with van der Waals surface area (Å²) in [7, 11) is 1.78.